The van der Waals surface area contributed by atoms with E-state index in [0.29, 0.717) is 5.56 Å². The molecule has 0 saturated heterocycles. The van der Waals surface area contributed by atoms with Gasteiger partial charge in [-0.1, -0.05) is 19.3 Å². The highest BCUT2D eigenvalue weighted by molar-refractivity contribution is 14.1. The number of hydrogen-bond acceptors (Lipinski definition) is 2. The van der Waals surface area contributed by atoms with Crippen molar-refractivity contribution in [3.8, 4) is 0 Å². The minimum Gasteiger partial charge on any atom is -0.352 e. The summed E-state index contributed by atoms with van der Waals surface area (Å²) in [5.74, 6) is -0.309. The standard InChI is InChI=1S/C15H19IN2O2/c16-12-8-6-11(7-9-12)15(20)17-10-14(19)18-13-4-2-1-3-5-13/h6-9,13H,1-5,10H2,(H,17,20)(H,18,19). The summed E-state index contributed by atoms with van der Waals surface area (Å²) in [6.45, 7) is 0.0430. The monoisotopic (exact) mass is 386 g/mol. The number of hydrogen-bond donors (Lipinski definition) is 2. The molecule has 0 bridgehead atoms. The van der Waals surface area contributed by atoms with Gasteiger partial charge in [0.05, 0.1) is 6.54 Å². The van der Waals surface area contributed by atoms with E-state index >= 15 is 0 Å². The van der Waals surface area contributed by atoms with Crippen LogP contribution in [0, 0.1) is 3.57 Å². The first-order chi connectivity index (χ1) is 9.65. The summed E-state index contributed by atoms with van der Waals surface area (Å²) in [5, 5.41) is 5.63. The van der Waals surface area contributed by atoms with Crippen LogP contribution < -0.4 is 10.6 Å². The fraction of sp³-hybridized carbons (Fsp3) is 0.467. The van der Waals surface area contributed by atoms with E-state index in [-0.39, 0.29) is 24.4 Å². The van der Waals surface area contributed by atoms with Crippen molar-refractivity contribution in [3.05, 3.63) is 33.4 Å². The third-order valence-electron chi connectivity index (χ3n) is 3.49. The lowest BCUT2D eigenvalue weighted by Gasteiger charge is -2.22. The van der Waals surface area contributed by atoms with E-state index in [4.69, 9.17) is 0 Å². The second-order valence-electron chi connectivity index (χ2n) is 5.09. The molecule has 20 heavy (non-hydrogen) atoms. The van der Waals surface area contributed by atoms with Crippen LogP contribution in [0.1, 0.15) is 42.5 Å². The molecule has 0 heterocycles. The third kappa shape index (κ3) is 4.77. The summed E-state index contributed by atoms with van der Waals surface area (Å²) in [6, 6.07) is 7.55. The average Bonchev–Trinajstić information content (AvgIpc) is 2.46. The minimum atomic E-state index is -0.208. The number of amides is 2. The van der Waals surface area contributed by atoms with Gasteiger partial charge in [-0.2, -0.15) is 0 Å². The van der Waals surface area contributed by atoms with Gasteiger partial charge in [0.1, 0.15) is 0 Å². The molecule has 0 atom stereocenters. The number of carbonyl (C=O) groups excluding carboxylic acids is 2. The highest BCUT2D eigenvalue weighted by atomic mass is 127. The van der Waals surface area contributed by atoms with E-state index in [2.05, 4.69) is 33.2 Å². The van der Waals surface area contributed by atoms with Crippen molar-refractivity contribution in [1.82, 2.24) is 10.6 Å². The lowest BCUT2D eigenvalue weighted by molar-refractivity contribution is -0.121. The highest BCUT2D eigenvalue weighted by Gasteiger charge is 2.16. The molecular formula is C15H19IN2O2. The first-order valence-electron chi connectivity index (χ1n) is 6.98. The van der Waals surface area contributed by atoms with Crippen LogP contribution >= 0.6 is 22.6 Å². The highest BCUT2D eigenvalue weighted by Crippen LogP contribution is 2.17. The molecule has 2 rings (SSSR count). The molecule has 0 aliphatic heterocycles. The van der Waals surface area contributed by atoms with Crippen LogP contribution in [-0.4, -0.2) is 24.4 Å². The van der Waals surface area contributed by atoms with Crippen LogP contribution in [0.3, 0.4) is 0 Å². The van der Waals surface area contributed by atoms with Gasteiger partial charge in [-0.15, -0.1) is 0 Å². The van der Waals surface area contributed by atoms with E-state index in [0.717, 1.165) is 16.4 Å². The number of halogens is 1. The van der Waals surface area contributed by atoms with Gasteiger partial charge in [-0.3, -0.25) is 9.59 Å². The molecule has 108 valence electrons. The molecule has 1 aliphatic carbocycles. The van der Waals surface area contributed by atoms with Crippen molar-refractivity contribution in [2.75, 3.05) is 6.54 Å². The first-order valence-corrected chi connectivity index (χ1v) is 8.06. The first kappa shape index (κ1) is 15.3. The Kier molecular flexibility index (Phi) is 5.82. The predicted molar refractivity (Wildman–Crippen MR) is 86.5 cm³/mol. The average molecular weight is 386 g/mol. The third-order valence-corrected chi connectivity index (χ3v) is 4.21. The van der Waals surface area contributed by atoms with Crippen molar-refractivity contribution in [2.45, 2.75) is 38.1 Å². The zero-order valence-corrected chi connectivity index (χ0v) is 13.5. The van der Waals surface area contributed by atoms with Crippen molar-refractivity contribution in [2.24, 2.45) is 0 Å². The Morgan fingerprint density at radius 2 is 1.75 bits per heavy atom. The molecule has 1 saturated carbocycles. The summed E-state index contributed by atoms with van der Waals surface area (Å²) in [4.78, 5) is 23.6. The van der Waals surface area contributed by atoms with Gasteiger partial charge in [-0.05, 0) is 59.7 Å². The zero-order valence-electron chi connectivity index (χ0n) is 11.3. The van der Waals surface area contributed by atoms with Crippen LogP contribution in [0.4, 0.5) is 0 Å². The number of benzene rings is 1. The molecule has 1 aromatic carbocycles. The molecule has 1 fully saturated rings. The lowest BCUT2D eigenvalue weighted by atomic mass is 9.95. The van der Waals surface area contributed by atoms with Crippen LogP contribution in [0.5, 0.6) is 0 Å². The molecule has 4 nitrogen and oxygen atoms in total. The number of rotatable bonds is 4. The van der Waals surface area contributed by atoms with Crippen molar-refractivity contribution < 1.29 is 9.59 Å². The Labute approximate surface area is 132 Å². The van der Waals surface area contributed by atoms with Crippen molar-refractivity contribution >= 4 is 34.4 Å². The van der Waals surface area contributed by atoms with E-state index in [1.165, 1.54) is 19.3 Å². The minimum absolute atomic E-state index is 0.0430. The van der Waals surface area contributed by atoms with E-state index in [1.807, 2.05) is 12.1 Å². The topological polar surface area (TPSA) is 58.2 Å². The second kappa shape index (κ2) is 7.61. The zero-order chi connectivity index (χ0) is 14.4. The Morgan fingerprint density at radius 1 is 1.10 bits per heavy atom. The molecule has 1 aliphatic rings. The normalized spacial score (nSPS) is 15.7. The quantitative estimate of drug-likeness (QED) is 0.782. The molecule has 5 heteroatoms. The molecule has 0 spiro atoms. The van der Waals surface area contributed by atoms with Gasteiger partial charge >= 0.3 is 0 Å². The van der Waals surface area contributed by atoms with Crippen LogP contribution in [0.25, 0.3) is 0 Å². The van der Waals surface area contributed by atoms with Gasteiger partial charge in [0.2, 0.25) is 5.91 Å². The summed E-state index contributed by atoms with van der Waals surface area (Å²) in [7, 11) is 0. The lowest BCUT2D eigenvalue weighted by Crippen LogP contribution is -2.42. The Hall–Kier alpha value is -1.11. The Balaban J connectivity index is 1.75. The molecule has 2 amide bonds. The fourth-order valence-corrected chi connectivity index (χ4v) is 2.75. The summed E-state index contributed by atoms with van der Waals surface area (Å²) < 4.78 is 1.08. The Morgan fingerprint density at radius 3 is 2.40 bits per heavy atom. The van der Waals surface area contributed by atoms with Crippen molar-refractivity contribution in [3.63, 3.8) is 0 Å². The maximum Gasteiger partial charge on any atom is 0.251 e. The molecule has 0 aromatic heterocycles. The molecule has 1 aromatic rings. The van der Waals surface area contributed by atoms with Gasteiger partial charge in [-0.25, -0.2) is 0 Å². The van der Waals surface area contributed by atoms with Gasteiger partial charge < -0.3 is 10.6 Å². The van der Waals surface area contributed by atoms with Gasteiger partial charge in [0.25, 0.3) is 5.91 Å². The van der Waals surface area contributed by atoms with E-state index in [9.17, 15) is 9.59 Å². The SMILES string of the molecule is O=C(CNC(=O)c1ccc(I)cc1)NC1CCCCC1. The number of nitrogens with one attached hydrogen (secondary N) is 2. The summed E-state index contributed by atoms with van der Waals surface area (Å²) >= 11 is 2.19. The van der Waals surface area contributed by atoms with Gasteiger partial charge in [0, 0.05) is 15.2 Å². The van der Waals surface area contributed by atoms with E-state index < -0.39 is 0 Å². The fourth-order valence-electron chi connectivity index (χ4n) is 2.39. The maximum atomic E-state index is 11.9. The molecular weight excluding hydrogens is 367 g/mol. The van der Waals surface area contributed by atoms with Crippen molar-refractivity contribution in [1.29, 1.82) is 0 Å². The Bertz CT molecular complexity index is 467. The molecule has 2 N–H and O–H groups in total. The largest absolute Gasteiger partial charge is 0.352 e. The summed E-state index contributed by atoms with van der Waals surface area (Å²) in [6.07, 6.45) is 5.73. The number of carbonyl (C=O) groups is 2. The summed E-state index contributed by atoms with van der Waals surface area (Å²) in [5.41, 5.74) is 0.580. The van der Waals surface area contributed by atoms with Crippen LogP contribution in [0.15, 0.2) is 24.3 Å². The van der Waals surface area contributed by atoms with E-state index in [1.54, 1.807) is 12.1 Å². The second-order valence-corrected chi connectivity index (χ2v) is 6.34. The predicted octanol–water partition coefficient (Wildman–Crippen LogP) is 2.47. The van der Waals surface area contributed by atoms with Crippen LogP contribution in [-0.2, 0) is 4.79 Å². The molecule has 0 unspecified atom stereocenters. The smallest absolute Gasteiger partial charge is 0.251 e. The maximum absolute atomic E-state index is 11.9. The van der Waals surface area contributed by atoms with Gasteiger partial charge in [0.15, 0.2) is 0 Å². The van der Waals surface area contributed by atoms with Crippen LogP contribution in [0.2, 0.25) is 0 Å². The molecule has 0 radical (unpaired) electrons.